The molecule has 22 heavy (non-hydrogen) atoms. The van der Waals surface area contributed by atoms with E-state index in [0.29, 0.717) is 19.0 Å². The summed E-state index contributed by atoms with van der Waals surface area (Å²) in [4.78, 5) is 14.2. The summed E-state index contributed by atoms with van der Waals surface area (Å²) in [6.45, 7) is 7.31. The molecule has 0 unspecified atom stereocenters. The molecule has 0 N–H and O–H groups in total. The van der Waals surface area contributed by atoms with Gasteiger partial charge in [-0.3, -0.25) is 4.79 Å². The zero-order chi connectivity index (χ0) is 16.8. The Morgan fingerprint density at radius 3 is 2.45 bits per heavy atom. The first kappa shape index (κ1) is 18.5. The van der Waals surface area contributed by atoms with E-state index < -0.39 is 11.7 Å². The third-order valence-electron chi connectivity index (χ3n) is 3.48. The summed E-state index contributed by atoms with van der Waals surface area (Å²) in [6.07, 6.45) is -1.80. The van der Waals surface area contributed by atoms with Crippen molar-refractivity contribution in [3.05, 3.63) is 35.4 Å². The summed E-state index contributed by atoms with van der Waals surface area (Å²) in [5.74, 6) is 0.124. The maximum atomic E-state index is 12.8. The van der Waals surface area contributed by atoms with Crippen LogP contribution in [-0.2, 0) is 6.18 Å². The Morgan fingerprint density at radius 1 is 1.23 bits per heavy atom. The second-order valence-corrected chi connectivity index (χ2v) is 5.91. The molecule has 0 bridgehead atoms. The number of hydrogen-bond acceptors (Lipinski definition) is 1. The average Bonchev–Trinajstić information content (AvgIpc) is 2.46. The average molecular weight is 315 g/mol. The first-order valence-corrected chi connectivity index (χ1v) is 7.72. The molecule has 1 amide bonds. The van der Waals surface area contributed by atoms with Gasteiger partial charge < -0.3 is 4.90 Å². The molecule has 0 heterocycles. The maximum absolute atomic E-state index is 12.8. The predicted molar refractivity (Wildman–Crippen MR) is 81.7 cm³/mol. The summed E-state index contributed by atoms with van der Waals surface area (Å²) < 4.78 is 38.3. The fourth-order valence-electron chi connectivity index (χ4n) is 2.09. The second kappa shape index (κ2) is 8.20. The largest absolute Gasteiger partial charge is 0.416 e. The lowest BCUT2D eigenvalue weighted by atomic mass is 10.1. The van der Waals surface area contributed by atoms with Gasteiger partial charge >= 0.3 is 6.18 Å². The molecule has 2 nitrogen and oxygen atoms in total. The Bertz CT molecular complexity index is 483. The van der Waals surface area contributed by atoms with Crippen LogP contribution in [0.1, 0.15) is 56.0 Å². The van der Waals surface area contributed by atoms with E-state index in [1.807, 2.05) is 6.92 Å². The van der Waals surface area contributed by atoms with E-state index in [1.165, 1.54) is 12.1 Å². The maximum Gasteiger partial charge on any atom is 0.416 e. The number of benzene rings is 1. The molecule has 0 aliphatic carbocycles. The SMILES string of the molecule is CCCCN(CCC(C)C)C(=O)c1cccc(C(F)(F)F)c1. The number of nitrogens with zero attached hydrogens (tertiary/aromatic N) is 1. The molecular weight excluding hydrogens is 291 g/mol. The number of rotatable bonds is 7. The van der Waals surface area contributed by atoms with Crippen LogP contribution in [0.15, 0.2) is 24.3 Å². The zero-order valence-electron chi connectivity index (χ0n) is 13.4. The van der Waals surface area contributed by atoms with E-state index in [1.54, 1.807) is 4.90 Å². The highest BCUT2D eigenvalue weighted by Gasteiger charge is 2.31. The molecule has 1 rings (SSSR count). The highest BCUT2D eigenvalue weighted by atomic mass is 19.4. The topological polar surface area (TPSA) is 20.3 Å². The highest BCUT2D eigenvalue weighted by Crippen LogP contribution is 2.29. The van der Waals surface area contributed by atoms with Crippen molar-refractivity contribution in [2.45, 2.75) is 46.2 Å². The zero-order valence-corrected chi connectivity index (χ0v) is 13.4. The Hall–Kier alpha value is -1.52. The summed E-state index contributed by atoms with van der Waals surface area (Å²) in [6, 6.07) is 4.67. The van der Waals surface area contributed by atoms with Gasteiger partial charge in [-0.1, -0.05) is 33.3 Å². The highest BCUT2D eigenvalue weighted by molar-refractivity contribution is 5.94. The predicted octanol–water partition coefficient (Wildman–Crippen LogP) is 4.99. The molecule has 0 atom stereocenters. The van der Waals surface area contributed by atoms with E-state index in [4.69, 9.17) is 0 Å². The third kappa shape index (κ3) is 5.70. The van der Waals surface area contributed by atoms with Gasteiger partial charge in [0.15, 0.2) is 0 Å². The van der Waals surface area contributed by atoms with Gasteiger partial charge in [-0.25, -0.2) is 0 Å². The molecule has 0 radical (unpaired) electrons. The fraction of sp³-hybridized carbons (Fsp3) is 0.588. The number of carbonyl (C=O) groups is 1. The molecule has 0 saturated heterocycles. The van der Waals surface area contributed by atoms with E-state index in [2.05, 4.69) is 13.8 Å². The smallest absolute Gasteiger partial charge is 0.339 e. The number of unbranched alkanes of at least 4 members (excludes halogenated alkanes) is 1. The molecule has 1 aromatic carbocycles. The number of carbonyl (C=O) groups excluding carboxylic acids is 1. The van der Waals surface area contributed by atoms with E-state index >= 15 is 0 Å². The van der Waals surface area contributed by atoms with Gasteiger partial charge in [-0.2, -0.15) is 13.2 Å². The number of amides is 1. The van der Waals surface area contributed by atoms with Crippen molar-refractivity contribution in [1.82, 2.24) is 4.90 Å². The molecular formula is C17H24F3NO. The van der Waals surface area contributed by atoms with Gasteiger partial charge in [0, 0.05) is 18.7 Å². The first-order valence-electron chi connectivity index (χ1n) is 7.72. The molecule has 0 saturated carbocycles. The van der Waals surface area contributed by atoms with E-state index in [0.717, 1.165) is 31.4 Å². The van der Waals surface area contributed by atoms with Crippen molar-refractivity contribution in [2.75, 3.05) is 13.1 Å². The molecule has 0 aliphatic heterocycles. The normalized spacial score (nSPS) is 11.8. The van der Waals surface area contributed by atoms with Gasteiger partial charge in [0.05, 0.1) is 5.56 Å². The lowest BCUT2D eigenvalue weighted by Gasteiger charge is -2.24. The van der Waals surface area contributed by atoms with Gasteiger partial charge in [0.25, 0.3) is 5.91 Å². The lowest BCUT2D eigenvalue weighted by molar-refractivity contribution is -0.137. The van der Waals surface area contributed by atoms with Crippen molar-refractivity contribution in [3.8, 4) is 0 Å². The quantitative estimate of drug-likeness (QED) is 0.694. The Labute approximate surface area is 130 Å². The van der Waals surface area contributed by atoms with Gasteiger partial charge in [0.1, 0.15) is 0 Å². The van der Waals surface area contributed by atoms with E-state index in [-0.39, 0.29) is 11.5 Å². The minimum absolute atomic E-state index is 0.106. The molecule has 0 fully saturated rings. The Balaban J connectivity index is 2.92. The van der Waals surface area contributed by atoms with Crippen molar-refractivity contribution in [3.63, 3.8) is 0 Å². The molecule has 5 heteroatoms. The number of halogens is 3. The van der Waals surface area contributed by atoms with Crippen LogP contribution in [0.2, 0.25) is 0 Å². The van der Waals surface area contributed by atoms with Crippen molar-refractivity contribution < 1.29 is 18.0 Å². The van der Waals surface area contributed by atoms with Gasteiger partial charge in [-0.05, 0) is 37.0 Å². The van der Waals surface area contributed by atoms with Crippen LogP contribution in [0.3, 0.4) is 0 Å². The lowest BCUT2D eigenvalue weighted by Crippen LogP contribution is -2.33. The van der Waals surface area contributed by atoms with Crippen molar-refractivity contribution in [2.24, 2.45) is 5.92 Å². The van der Waals surface area contributed by atoms with Crippen LogP contribution in [0.5, 0.6) is 0 Å². The Kier molecular flexibility index (Phi) is 6.91. The number of hydrogen-bond donors (Lipinski definition) is 0. The first-order chi connectivity index (χ1) is 10.3. The second-order valence-electron chi connectivity index (χ2n) is 5.91. The monoisotopic (exact) mass is 315 g/mol. The molecule has 124 valence electrons. The molecule has 0 aromatic heterocycles. The van der Waals surface area contributed by atoms with Crippen LogP contribution in [0.25, 0.3) is 0 Å². The molecule has 0 spiro atoms. The van der Waals surface area contributed by atoms with Gasteiger partial charge in [-0.15, -0.1) is 0 Å². The standard InChI is InChI=1S/C17H24F3NO/c1-4-5-10-21(11-9-13(2)3)16(22)14-7-6-8-15(12-14)17(18,19)20/h6-8,12-13H,4-5,9-11H2,1-3H3. The summed E-state index contributed by atoms with van der Waals surface area (Å²) in [7, 11) is 0. The van der Waals surface area contributed by atoms with Crippen molar-refractivity contribution in [1.29, 1.82) is 0 Å². The number of alkyl halides is 3. The fourth-order valence-corrected chi connectivity index (χ4v) is 2.09. The molecule has 0 aliphatic rings. The third-order valence-corrected chi connectivity index (χ3v) is 3.48. The van der Waals surface area contributed by atoms with Crippen LogP contribution in [-0.4, -0.2) is 23.9 Å². The Morgan fingerprint density at radius 2 is 1.91 bits per heavy atom. The van der Waals surface area contributed by atoms with E-state index in [9.17, 15) is 18.0 Å². The minimum Gasteiger partial charge on any atom is -0.339 e. The summed E-state index contributed by atoms with van der Waals surface area (Å²) >= 11 is 0. The summed E-state index contributed by atoms with van der Waals surface area (Å²) in [5, 5.41) is 0. The van der Waals surface area contributed by atoms with Crippen LogP contribution < -0.4 is 0 Å². The minimum atomic E-state index is -4.43. The molecule has 1 aromatic rings. The summed E-state index contributed by atoms with van der Waals surface area (Å²) in [5.41, 5.74) is -0.674. The van der Waals surface area contributed by atoms with Crippen molar-refractivity contribution >= 4 is 5.91 Å². The van der Waals surface area contributed by atoms with Crippen LogP contribution >= 0.6 is 0 Å². The van der Waals surface area contributed by atoms with Crippen LogP contribution in [0.4, 0.5) is 13.2 Å². The van der Waals surface area contributed by atoms with Crippen LogP contribution in [0, 0.1) is 5.92 Å². The van der Waals surface area contributed by atoms with Gasteiger partial charge in [0.2, 0.25) is 0 Å².